The van der Waals surface area contributed by atoms with Gasteiger partial charge in [-0.15, -0.1) is 0 Å². The highest BCUT2D eigenvalue weighted by molar-refractivity contribution is 5.68. The number of ether oxygens (including phenoxy) is 1. The Morgan fingerprint density at radius 1 is 1.03 bits per heavy atom. The van der Waals surface area contributed by atoms with E-state index in [1.54, 1.807) is 12.4 Å². The van der Waals surface area contributed by atoms with Gasteiger partial charge in [-0.2, -0.15) is 4.98 Å². The van der Waals surface area contributed by atoms with Crippen LogP contribution in [0.5, 0.6) is 0 Å². The Bertz CT molecular complexity index is 942. The lowest BCUT2D eigenvalue weighted by Gasteiger charge is -2.28. The summed E-state index contributed by atoms with van der Waals surface area (Å²) in [6.07, 6.45) is 4.54. The number of benzene rings is 1. The molecule has 0 amide bonds. The molecule has 0 aliphatic carbocycles. The van der Waals surface area contributed by atoms with Crippen molar-refractivity contribution in [2.45, 2.75) is 26.3 Å². The van der Waals surface area contributed by atoms with Crippen LogP contribution >= 0.6 is 0 Å². The minimum atomic E-state index is 0.290. The van der Waals surface area contributed by atoms with Gasteiger partial charge in [0.1, 0.15) is 5.82 Å². The lowest BCUT2D eigenvalue weighted by molar-refractivity contribution is 0.122. The maximum Gasteiger partial charge on any atom is 0.225 e. The molecule has 0 bridgehead atoms. The molecule has 7 nitrogen and oxygen atoms in total. The fourth-order valence-electron chi connectivity index (χ4n) is 3.29. The predicted molar refractivity (Wildman–Crippen MR) is 121 cm³/mol. The van der Waals surface area contributed by atoms with Gasteiger partial charge in [0, 0.05) is 54.5 Å². The number of hydrogen-bond donors (Lipinski definition) is 2. The molecule has 0 spiro atoms. The molecule has 2 aromatic heterocycles. The van der Waals surface area contributed by atoms with Crippen molar-refractivity contribution in [3.05, 3.63) is 54.9 Å². The molecule has 30 heavy (non-hydrogen) atoms. The average molecular weight is 405 g/mol. The molecule has 0 unspecified atom stereocenters. The van der Waals surface area contributed by atoms with Crippen LogP contribution in [-0.4, -0.2) is 47.3 Å². The first-order valence-corrected chi connectivity index (χ1v) is 10.5. The van der Waals surface area contributed by atoms with Crippen LogP contribution in [-0.2, 0) is 4.74 Å². The van der Waals surface area contributed by atoms with Gasteiger partial charge in [-0.25, -0.2) is 4.98 Å². The molecule has 7 heteroatoms. The number of rotatable bonds is 7. The van der Waals surface area contributed by atoms with Crippen LogP contribution in [0.25, 0.3) is 11.3 Å². The third kappa shape index (κ3) is 5.04. The second kappa shape index (κ2) is 9.54. The van der Waals surface area contributed by atoms with E-state index in [0.29, 0.717) is 12.0 Å². The zero-order valence-corrected chi connectivity index (χ0v) is 17.5. The molecule has 0 radical (unpaired) electrons. The Kier molecular flexibility index (Phi) is 6.39. The minimum Gasteiger partial charge on any atom is -0.378 e. The number of pyridine rings is 1. The van der Waals surface area contributed by atoms with Gasteiger partial charge in [-0.05, 0) is 49.7 Å². The van der Waals surface area contributed by atoms with Crippen LogP contribution in [0.15, 0.2) is 54.9 Å². The smallest absolute Gasteiger partial charge is 0.225 e. The molecule has 3 aromatic rings. The Morgan fingerprint density at radius 2 is 1.77 bits per heavy atom. The lowest BCUT2D eigenvalue weighted by atomic mass is 10.2. The summed E-state index contributed by atoms with van der Waals surface area (Å²) >= 11 is 0. The fraction of sp³-hybridized carbons (Fsp3) is 0.348. The molecule has 1 aliphatic rings. The van der Waals surface area contributed by atoms with Crippen molar-refractivity contribution in [3.63, 3.8) is 0 Å². The first-order valence-electron chi connectivity index (χ1n) is 10.5. The van der Waals surface area contributed by atoms with E-state index in [0.717, 1.165) is 55.5 Å². The summed E-state index contributed by atoms with van der Waals surface area (Å²) in [4.78, 5) is 15.8. The van der Waals surface area contributed by atoms with Crippen LogP contribution in [0, 0.1) is 0 Å². The summed E-state index contributed by atoms with van der Waals surface area (Å²) in [5.74, 6) is 1.37. The highest BCUT2D eigenvalue weighted by Crippen LogP contribution is 2.25. The third-order valence-electron chi connectivity index (χ3n) is 5.21. The lowest BCUT2D eigenvalue weighted by Crippen LogP contribution is -2.36. The first kappa shape index (κ1) is 20.1. The van der Waals surface area contributed by atoms with Crippen LogP contribution in [0.4, 0.5) is 23.1 Å². The molecule has 2 N–H and O–H groups in total. The van der Waals surface area contributed by atoms with Gasteiger partial charge >= 0.3 is 0 Å². The molecule has 1 fully saturated rings. The monoisotopic (exact) mass is 404 g/mol. The second-order valence-corrected chi connectivity index (χ2v) is 7.42. The van der Waals surface area contributed by atoms with E-state index in [2.05, 4.69) is 63.6 Å². The molecular weight excluding hydrogens is 376 g/mol. The highest BCUT2D eigenvalue weighted by Gasteiger charge is 2.12. The molecular formula is C23H28N6O. The number of aromatic nitrogens is 3. The zero-order chi connectivity index (χ0) is 20.8. The molecule has 1 aromatic carbocycles. The molecule has 4 rings (SSSR count). The summed E-state index contributed by atoms with van der Waals surface area (Å²) in [6.45, 7) is 7.69. The van der Waals surface area contributed by atoms with Crippen LogP contribution < -0.4 is 15.5 Å². The third-order valence-corrected chi connectivity index (χ3v) is 5.21. The van der Waals surface area contributed by atoms with Gasteiger partial charge in [-0.1, -0.05) is 6.92 Å². The van der Waals surface area contributed by atoms with Gasteiger partial charge in [0.25, 0.3) is 0 Å². The van der Waals surface area contributed by atoms with E-state index >= 15 is 0 Å². The largest absolute Gasteiger partial charge is 0.378 e. The van der Waals surface area contributed by atoms with Gasteiger partial charge in [0.2, 0.25) is 5.95 Å². The van der Waals surface area contributed by atoms with Crippen molar-refractivity contribution in [1.82, 2.24) is 15.0 Å². The van der Waals surface area contributed by atoms with E-state index in [1.807, 2.05) is 18.2 Å². The Hall–Kier alpha value is -3.19. The Morgan fingerprint density at radius 3 is 2.47 bits per heavy atom. The van der Waals surface area contributed by atoms with Crippen LogP contribution in [0.2, 0.25) is 0 Å². The number of morpholine rings is 1. The van der Waals surface area contributed by atoms with E-state index in [-0.39, 0.29) is 0 Å². The van der Waals surface area contributed by atoms with Gasteiger partial charge in [0.15, 0.2) is 0 Å². The van der Waals surface area contributed by atoms with Crippen molar-refractivity contribution in [2.75, 3.05) is 41.8 Å². The van der Waals surface area contributed by atoms with Crippen molar-refractivity contribution in [1.29, 1.82) is 0 Å². The number of nitrogens with one attached hydrogen (secondary N) is 2. The summed E-state index contributed by atoms with van der Waals surface area (Å²) in [7, 11) is 0. The number of anilines is 4. The summed E-state index contributed by atoms with van der Waals surface area (Å²) < 4.78 is 5.44. The zero-order valence-electron chi connectivity index (χ0n) is 17.5. The molecule has 1 aliphatic heterocycles. The van der Waals surface area contributed by atoms with Gasteiger partial charge in [-0.3, -0.25) is 4.98 Å². The SMILES string of the molecule is CC[C@@H](C)Nc1nc(Nc2ccc(N3CCOCC3)cc2)cc(-c2ccncc2)n1. The van der Waals surface area contributed by atoms with Crippen molar-refractivity contribution in [3.8, 4) is 11.3 Å². The van der Waals surface area contributed by atoms with Crippen LogP contribution in [0.3, 0.4) is 0 Å². The summed E-state index contributed by atoms with van der Waals surface area (Å²) in [5.41, 5.74) is 4.06. The molecule has 156 valence electrons. The van der Waals surface area contributed by atoms with E-state index in [4.69, 9.17) is 9.72 Å². The molecule has 1 saturated heterocycles. The van der Waals surface area contributed by atoms with Crippen molar-refractivity contribution in [2.24, 2.45) is 0 Å². The number of nitrogens with zero attached hydrogens (tertiary/aromatic N) is 4. The van der Waals surface area contributed by atoms with Crippen molar-refractivity contribution < 1.29 is 4.74 Å². The standard InChI is InChI=1S/C23H28N6O/c1-3-17(2)25-23-27-21(18-8-10-24-11-9-18)16-22(28-23)26-19-4-6-20(7-5-19)29-12-14-30-15-13-29/h4-11,16-17H,3,12-15H2,1-2H3,(H2,25,26,27,28)/t17-/m1/s1. The van der Waals surface area contributed by atoms with Crippen LogP contribution in [0.1, 0.15) is 20.3 Å². The molecule has 1 atom stereocenters. The summed E-state index contributed by atoms with van der Waals surface area (Å²) in [6, 6.07) is 14.6. The van der Waals surface area contributed by atoms with E-state index in [9.17, 15) is 0 Å². The second-order valence-electron chi connectivity index (χ2n) is 7.42. The first-order chi connectivity index (χ1) is 14.7. The predicted octanol–water partition coefficient (Wildman–Crippen LogP) is 4.33. The van der Waals surface area contributed by atoms with Gasteiger partial charge < -0.3 is 20.3 Å². The quantitative estimate of drug-likeness (QED) is 0.607. The average Bonchev–Trinajstić information content (AvgIpc) is 2.80. The molecule has 3 heterocycles. The summed E-state index contributed by atoms with van der Waals surface area (Å²) in [5, 5.41) is 6.81. The number of hydrogen-bond acceptors (Lipinski definition) is 7. The maximum absolute atomic E-state index is 5.44. The minimum absolute atomic E-state index is 0.290. The molecule has 0 saturated carbocycles. The van der Waals surface area contributed by atoms with Gasteiger partial charge in [0.05, 0.1) is 18.9 Å². The highest BCUT2D eigenvalue weighted by atomic mass is 16.5. The van der Waals surface area contributed by atoms with E-state index in [1.165, 1.54) is 5.69 Å². The van der Waals surface area contributed by atoms with Crippen molar-refractivity contribution >= 4 is 23.1 Å². The Labute approximate surface area is 177 Å². The normalized spacial score (nSPS) is 14.9. The Balaban J connectivity index is 1.57. The topological polar surface area (TPSA) is 75.2 Å². The fourth-order valence-corrected chi connectivity index (χ4v) is 3.29. The van der Waals surface area contributed by atoms with E-state index < -0.39 is 0 Å². The maximum atomic E-state index is 5.44.